The molecule has 114 valence electrons. The van der Waals surface area contributed by atoms with Gasteiger partial charge in [-0.3, -0.25) is 0 Å². The van der Waals surface area contributed by atoms with Crippen LogP contribution in [0.2, 0.25) is 0 Å². The standard InChI is InChI=1S/C17H29NO2/c1-5-13-18-17(15(6-2)19-7-3)14-11-9-10-12-16(14)20-8-4/h9-12,15,17-18H,5-8,13H2,1-4H3. The summed E-state index contributed by atoms with van der Waals surface area (Å²) in [5, 5.41) is 3.62. The van der Waals surface area contributed by atoms with Gasteiger partial charge in [-0.25, -0.2) is 0 Å². The molecule has 0 spiro atoms. The van der Waals surface area contributed by atoms with Gasteiger partial charge in [0.1, 0.15) is 5.75 Å². The van der Waals surface area contributed by atoms with Crippen molar-refractivity contribution >= 4 is 0 Å². The van der Waals surface area contributed by atoms with Crippen LogP contribution in [0.4, 0.5) is 0 Å². The maximum atomic E-state index is 5.92. The number of nitrogens with one attached hydrogen (secondary N) is 1. The van der Waals surface area contributed by atoms with Crippen molar-refractivity contribution in [1.29, 1.82) is 0 Å². The summed E-state index contributed by atoms with van der Waals surface area (Å²) in [7, 11) is 0. The monoisotopic (exact) mass is 279 g/mol. The largest absolute Gasteiger partial charge is 0.494 e. The lowest BCUT2D eigenvalue weighted by molar-refractivity contribution is 0.0307. The average molecular weight is 279 g/mol. The Morgan fingerprint density at radius 1 is 1.05 bits per heavy atom. The number of hydrogen-bond acceptors (Lipinski definition) is 3. The predicted octanol–water partition coefficient (Wildman–Crippen LogP) is 3.94. The van der Waals surface area contributed by atoms with Crippen LogP contribution in [0.15, 0.2) is 24.3 Å². The van der Waals surface area contributed by atoms with Gasteiger partial charge in [0, 0.05) is 12.2 Å². The summed E-state index contributed by atoms with van der Waals surface area (Å²) in [4.78, 5) is 0. The number of ether oxygens (including phenoxy) is 2. The zero-order valence-electron chi connectivity index (χ0n) is 13.3. The van der Waals surface area contributed by atoms with E-state index in [0.29, 0.717) is 6.61 Å². The van der Waals surface area contributed by atoms with E-state index < -0.39 is 0 Å². The normalized spacial score (nSPS) is 14.0. The van der Waals surface area contributed by atoms with Crippen LogP contribution in [-0.2, 0) is 4.74 Å². The highest BCUT2D eigenvalue weighted by atomic mass is 16.5. The molecule has 2 unspecified atom stereocenters. The zero-order chi connectivity index (χ0) is 14.8. The third kappa shape index (κ3) is 4.80. The molecule has 0 aliphatic rings. The quantitative estimate of drug-likeness (QED) is 0.703. The molecule has 0 fully saturated rings. The summed E-state index contributed by atoms with van der Waals surface area (Å²) in [6, 6.07) is 8.45. The van der Waals surface area contributed by atoms with Crippen LogP contribution >= 0.6 is 0 Å². The van der Waals surface area contributed by atoms with Crippen molar-refractivity contribution in [3.8, 4) is 5.75 Å². The third-order valence-corrected chi connectivity index (χ3v) is 3.32. The molecule has 3 nitrogen and oxygen atoms in total. The minimum Gasteiger partial charge on any atom is -0.494 e. The van der Waals surface area contributed by atoms with Crippen molar-refractivity contribution in [2.75, 3.05) is 19.8 Å². The van der Waals surface area contributed by atoms with E-state index in [0.717, 1.165) is 31.7 Å². The van der Waals surface area contributed by atoms with Gasteiger partial charge in [-0.05, 0) is 39.3 Å². The maximum Gasteiger partial charge on any atom is 0.124 e. The Labute approximate surface area is 123 Å². The van der Waals surface area contributed by atoms with Crippen molar-refractivity contribution in [3.05, 3.63) is 29.8 Å². The first-order valence-electron chi connectivity index (χ1n) is 7.85. The molecule has 0 bridgehead atoms. The maximum absolute atomic E-state index is 5.92. The van der Waals surface area contributed by atoms with E-state index in [2.05, 4.69) is 31.3 Å². The lowest BCUT2D eigenvalue weighted by atomic mass is 9.98. The number of benzene rings is 1. The zero-order valence-corrected chi connectivity index (χ0v) is 13.3. The lowest BCUT2D eigenvalue weighted by Gasteiger charge is -2.29. The third-order valence-electron chi connectivity index (χ3n) is 3.32. The molecule has 0 amide bonds. The van der Waals surface area contributed by atoms with Crippen LogP contribution in [0.25, 0.3) is 0 Å². The van der Waals surface area contributed by atoms with E-state index in [4.69, 9.17) is 9.47 Å². The number of rotatable bonds is 10. The van der Waals surface area contributed by atoms with Crippen LogP contribution in [0.3, 0.4) is 0 Å². The summed E-state index contributed by atoms with van der Waals surface area (Å²) in [5.74, 6) is 0.960. The second-order valence-corrected chi connectivity index (χ2v) is 4.80. The van der Waals surface area contributed by atoms with Crippen molar-refractivity contribution in [3.63, 3.8) is 0 Å². The molecule has 3 heteroatoms. The Balaban J connectivity index is 3.01. The summed E-state index contributed by atoms with van der Waals surface area (Å²) >= 11 is 0. The molecule has 0 saturated carbocycles. The molecule has 0 aliphatic heterocycles. The van der Waals surface area contributed by atoms with Gasteiger partial charge in [0.25, 0.3) is 0 Å². The molecule has 0 saturated heterocycles. The molecule has 0 aromatic heterocycles. The molecule has 1 N–H and O–H groups in total. The number of para-hydroxylation sites is 1. The molecule has 1 aromatic rings. The minimum absolute atomic E-state index is 0.174. The highest BCUT2D eigenvalue weighted by molar-refractivity contribution is 5.36. The summed E-state index contributed by atoms with van der Waals surface area (Å²) in [6.45, 7) is 10.8. The first-order chi connectivity index (χ1) is 9.78. The Morgan fingerprint density at radius 2 is 1.80 bits per heavy atom. The highest BCUT2D eigenvalue weighted by Crippen LogP contribution is 2.30. The van der Waals surface area contributed by atoms with Gasteiger partial charge >= 0.3 is 0 Å². The Morgan fingerprint density at radius 3 is 2.40 bits per heavy atom. The summed E-state index contributed by atoms with van der Waals surface area (Å²) < 4.78 is 11.7. The topological polar surface area (TPSA) is 30.5 Å². The van der Waals surface area contributed by atoms with Crippen LogP contribution in [0.5, 0.6) is 5.75 Å². The molecule has 20 heavy (non-hydrogen) atoms. The average Bonchev–Trinajstić information content (AvgIpc) is 2.48. The van der Waals surface area contributed by atoms with Gasteiger partial charge in [-0.15, -0.1) is 0 Å². The van der Waals surface area contributed by atoms with Gasteiger partial charge in [0.2, 0.25) is 0 Å². The molecule has 1 aromatic carbocycles. The van der Waals surface area contributed by atoms with Crippen LogP contribution in [-0.4, -0.2) is 25.9 Å². The van der Waals surface area contributed by atoms with Crippen molar-refractivity contribution in [2.24, 2.45) is 0 Å². The Kier molecular flexibility index (Phi) is 8.31. The van der Waals surface area contributed by atoms with Gasteiger partial charge in [-0.2, -0.15) is 0 Å². The van der Waals surface area contributed by atoms with E-state index in [9.17, 15) is 0 Å². The molecule has 0 heterocycles. The SMILES string of the molecule is CCCNC(c1ccccc1OCC)C(CC)OCC. The smallest absolute Gasteiger partial charge is 0.124 e. The van der Waals surface area contributed by atoms with Crippen LogP contribution < -0.4 is 10.1 Å². The molecule has 0 aliphatic carbocycles. The van der Waals surface area contributed by atoms with E-state index >= 15 is 0 Å². The van der Waals surface area contributed by atoms with Gasteiger partial charge in [-0.1, -0.05) is 32.0 Å². The van der Waals surface area contributed by atoms with Crippen molar-refractivity contribution < 1.29 is 9.47 Å². The van der Waals surface area contributed by atoms with Crippen LogP contribution in [0, 0.1) is 0 Å². The Hall–Kier alpha value is -1.06. The van der Waals surface area contributed by atoms with E-state index in [1.54, 1.807) is 0 Å². The fraction of sp³-hybridized carbons (Fsp3) is 0.647. The molecular weight excluding hydrogens is 250 g/mol. The van der Waals surface area contributed by atoms with Crippen LogP contribution in [0.1, 0.15) is 52.1 Å². The molecule has 2 atom stereocenters. The first kappa shape index (κ1) is 17.0. The Bertz CT molecular complexity index is 368. The molecular formula is C17H29NO2. The minimum atomic E-state index is 0.174. The highest BCUT2D eigenvalue weighted by Gasteiger charge is 2.24. The predicted molar refractivity (Wildman–Crippen MR) is 84.4 cm³/mol. The van der Waals surface area contributed by atoms with Gasteiger partial charge in [0.05, 0.1) is 18.8 Å². The molecule has 0 radical (unpaired) electrons. The summed E-state index contributed by atoms with van der Waals surface area (Å²) in [5.41, 5.74) is 1.20. The van der Waals surface area contributed by atoms with Crippen molar-refractivity contribution in [2.45, 2.75) is 52.7 Å². The fourth-order valence-electron chi connectivity index (χ4n) is 2.43. The molecule has 1 rings (SSSR count). The van der Waals surface area contributed by atoms with Crippen molar-refractivity contribution in [1.82, 2.24) is 5.32 Å². The second kappa shape index (κ2) is 9.78. The van der Waals surface area contributed by atoms with Gasteiger partial charge < -0.3 is 14.8 Å². The second-order valence-electron chi connectivity index (χ2n) is 4.80. The first-order valence-corrected chi connectivity index (χ1v) is 7.85. The fourth-order valence-corrected chi connectivity index (χ4v) is 2.43. The van der Waals surface area contributed by atoms with E-state index in [-0.39, 0.29) is 12.1 Å². The lowest BCUT2D eigenvalue weighted by Crippen LogP contribution is -2.34. The van der Waals surface area contributed by atoms with E-state index in [1.807, 2.05) is 26.0 Å². The van der Waals surface area contributed by atoms with Gasteiger partial charge in [0.15, 0.2) is 0 Å². The van der Waals surface area contributed by atoms with E-state index in [1.165, 1.54) is 5.56 Å². The number of hydrogen-bond donors (Lipinski definition) is 1. The summed E-state index contributed by atoms with van der Waals surface area (Å²) in [6.07, 6.45) is 2.26.